The number of ether oxygens (including phenoxy) is 1. The second-order valence-electron chi connectivity index (χ2n) is 7.80. The van der Waals surface area contributed by atoms with E-state index in [-0.39, 0.29) is 11.8 Å². The van der Waals surface area contributed by atoms with E-state index in [4.69, 9.17) is 9.72 Å². The number of anilines is 2. The van der Waals surface area contributed by atoms with Gasteiger partial charge >= 0.3 is 0 Å². The van der Waals surface area contributed by atoms with Crippen molar-refractivity contribution in [2.45, 2.75) is 0 Å². The Morgan fingerprint density at radius 1 is 1.15 bits per heavy atom. The van der Waals surface area contributed by atoms with Gasteiger partial charge in [-0.1, -0.05) is 6.07 Å². The molecule has 0 atom stereocenters. The summed E-state index contributed by atoms with van der Waals surface area (Å²) in [6.07, 6.45) is 5.13. The molecule has 3 N–H and O–H groups in total. The van der Waals surface area contributed by atoms with E-state index in [1.54, 1.807) is 30.1 Å². The highest BCUT2D eigenvalue weighted by Gasteiger charge is 2.21. The topological polar surface area (TPSA) is 140 Å². The van der Waals surface area contributed by atoms with E-state index >= 15 is 0 Å². The van der Waals surface area contributed by atoms with Gasteiger partial charge in [-0.05, 0) is 18.2 Å². The number of methoxy groups -OCH3 is 1. The molecular weight excluding hydrogens is 438 g/mol. The van der Waals surface area contributed by atoms with Gasteiger partial charge in [-0.2, -0.15) is 19.6 Å². The third-order valence-corrected chi connectivity index (χ3v) is 5.57. The molecule has 1 aliphatic heterocycles. The lowest BCUT2D eigenvalue weighted by molar-refractivity contribution is 0.207. The quantitative estimate of drug-likeness (QED) is 0.328. The van der Waals surface area contributed by atoms with Crippen molar-refractivity contribution in [3.05, 3.63) is 53.1 Å². The van der Waals surface area contributed by atoms with Gasteiger partial charge in [-0.3, -0.25) is 4.98 Å². The molecule has 12 nitrogen and oxygen atoms in total. The van der Waals surface area contributed by atoms with Crippen LogP contribution in [-0.4, -0.2) is 86.2 Å². The van der Waals surface area contributed by atoms with Gasteiger partial charge in [-0.25, -0.2) is 9.98 Å². The normalized spacial score (nSPS) is 15.6. The van der Waals surface area contributed by atoms with E-state index in [2.05, 4.69) is 34.8 Å². The fourth-order valence-electron chi connectivity index (χ4n) is 3.85. The number of rotatable bonds is 6. The fraction of sp³-hybridized carbons (Fsp3) is 0.318. The number of piperazine rings is 1. The van der Waals surface area contributed by atoms with Crippen molar-refractivity contribution in [3.8, 4) is 11.8 Å². The van der Waals surface area contributed by atoms with Crippen LogP contribution in [0.5, 0.6) is 11.8 Å². The molecule has 1 aliphatic rings. The second kappa shape index (κ2) is 9.35. The number of hydrogen-bond acceptors (Lipinski definition) is 10. The summed E-state index contributed by atoms with van der Waals surface area (Å²) in [4.78, 5) is 25.3. The van der Waals surface area contributed by atoms with Crippen molar-refractivity contribution < 1.29 is 14.9 Å². The van der Waals surface area contributed by atoms with Crippen LogP contribution in [0.1, 0.15) is 5.56 Å². The van der Waals surface area contributed by atoms with Crippen molar-refractivity contribution in [1.29, 1.82) is 0 Å². The maximum absolute atomic E-state index is 10.0. The zero-order valence-electron chi connectivity index (χ0n) is 18.7. The number of hydrogen-bond donors (Lipinski definition) is 3. The third-order valence-electron chi connectivity index (χ3n) is 5.57. The molecular formula is C22H25N9O3. The molecule has 0 radical (unpaired) electrons. The lowest BCUT2D eigenvalue weighted by atomic mass is 10.2. The first kappa shape index (κ1) is 21.6. The van der Waals surface area contributed by atoms with Crippen LogP contribution < -0.4 is 20.6 Å². The van der Waals surface area contributed by atoms with E-state index in [0.29, 0.717) is 41.1 Å². The summed E-state index contributed by atoms with van der Waals surface area (Å²) >= 11 is 0. The van der Waals surface area contributed by atoms with Gasteiger partial charge in [0.05, 0.1) is 19.3 Å². The van der Waals surface area contributed by atoms with Gasteiger partial charge in [0.1, 0.15) is 5.82 Å². The summed E-state index contributed by atoms with van der Waals surface area (Å²) in [6, 6.07) is 7.33. The fourth-order valence-corrected chi connectivity index (χ4v) is 3.85. The number of fused-ring (bicyclic) bond motifs is 1. The monoisotopic (exact) mass is 463 g/mol. The van der Waals surface area contributed by atoms with Crippen LogP contribution in [0.3, 0.4) is 0 Å². The summed E-state index contributed by atoms with van der Waals surface area (Å²) in [5.41, 5.74) is 1.40. The number of aromatic amines is 1. The first-order chi connectivity index (χ1) is 16.6. The van der Waals surface area contributed by atoms with Gasteiger partial charge in [0.2, 0.25) is 5.95 Å². The summed E-state index contributed by atoms with van der Waals surface area (Å²) in [7, 11) is 1.62. The molecule has 5 heterocycles. The maximum atomic E-state index is 10.0. The van der Waals surface area contributed by atoms with Crippen LogP contribution in [0.25, 0.3) is 11.7 Å². The Hall–Kier alpha value is -4.19. The molecule has 0 spiro atoms. The molecule has 0 bridgehead atoms. The molecule has 0 aromatic carbocycles. The number of nitrogens with one attached hydrogen (secondary N) is 1. The Labute approximate surface area is 194 Å². The van der Waals surface area contributed by atoms with E-state index in [1.807, 2.05) is 18.2 Å². The number of H-pyrrole nitrogens is 1. The Balaban J connectivity index is 1.52. The molecule has 1 fully saturated rings. The molecule has 0 saturated carbocycles. The number of aromatic hydroxyl groups is 2. The van der Waals surface area contributed by atoms with Gasteiger partial charge in [0, 0.05) is 56.3 Å². The van der Waals surface area contributed by atoms with Crippen molar-refractivity contribution in [3.63, 3.8) is 0 Å². The first-order valence-electron chi connectivity index (χ1n) is 10.9. The molecule has 4 aromatic heterocycles. The highest BCUT2D eigenvalue weighted by atomic mass is 16.5. The van der Waals surface area contributed by atoms with Crippen LogP contribution in [0, 0.1) is 0 Å². The molecule has 4 aromatic rings. The lowest BCUT2D eigenvalue weighted by Gasteiger charge is -2.35. The van der Waals surface area contributed by atoms with Crippen LogP contribution in [0.2, 0.25) is 0 Å². The zero-order chi connectivity index (χ0) is 23.5. The minimum Gasteiger partial charge on any atom is -0.494 e. The van der Waals surface area contributed by atoms with E-state index in [0.717, 1.165) is 32.0 Å². The predicted molar refractivity (Wildman–Crippen MR) is 125 cm³/mol. The van der Waals surface area contributed by atoms with E-state index in [1.165, 1.54) is 6.07 Å². The lowest BCUT2D eigenvalue weighted by Crippen LogP contribution is -2.48. The second-order valence-corrected chi connectivity index (χ2v) is 7.80. The van der Waals surface area contributed by atoms with Crippen LogP contribution in [-0.2, 0) is 4.74 Å². The summed E-state index contributed by atoms with van der Waals surface area (Å²) in [6.45, 7) is 3.92. The zero-order valence-corrected chi connectivity index (χ0v) is 18.7. The van der Waals surface area contributed by atoms with Crippen LogP contribution in [0.4, 0.5) is 11.8 Å². The molecule has 0 amide bonds. The van der Waals surface area contributed by atoms with E-state index in [9.17, 15) is 10.2 Å². The Kier molecular flexibility index (Phi) is 5.95. The Morgan fingerprint density at radius 2 is 1.97 bits per heavy atom. The number of pyridine rings is 1. The van der Waals surface area contributed by atoms with E-state index < -0.39 is 0 Å². The third kappa shape index (κ3) is 4.35. The first-order valence-corrected chi connectivity index (χ1v) is 10.9. The molecule has 0 aliphatic carbocycles. The highest BCUT2D eigenvalue weighted by Crippen LogP contribution is 2.22. The minimum atomic E-state index is -0.137. The highest BCUT2D eigenvalue weighted by molar-refractivity contribution is 5.61. The largest absolute Gasteiger partial charge is 0.494 e. The standard InChI is InChI=1S/C22H25N9O3/c1-34-11-6-24-21-28-22(30-9-7-29(8-10-30)17-4-2-3-5-23-17)27-19-16(14-25-31(19)21)12-15-13-18(32)26-20(15)33/h2-5,12-14,26,32-33H,6-11H2,1H3. The minimum absolute atomic E-state index is 0.128. The van der Waals surface area contributed by atoms with Gasteiger partial charge in [-0.15, -0.1) is 0 Å². The molecule has 12 heteroatoms. The number of nitrogens with zero attached hydrogens (tertiary/aromatic N) is 8. The van der Waals surface area contributed by atoms with Crippen molar-refractivity contribution in [1.82, 2.24) is 29.5 Å². The van der Waals surface area contributed by atoms with Crippen molar-refractivity contribution >= 4 is 23.5 Å². The predicted octanol–water partition coefficient (Wildman–Crippen LogP) is -0.320. The average molecular weight is 464 g/mol. The molecule has 0 unspecified atom stereocenters. The summed E-state index contributed by atoms with van der Waals surface area (Å²) in [5, 5.41) is 24.7. The molecule has 1 saturated heterocycles. The van der Waals surface area contributed by atoms with Crippen molar-refractivity contribution in [2.24, 2.45) is 4.99 Å². The van der Waals surface area contributed by atoms with Gasteiger partial charge < -0.3 is 24.7 Å². The van der Waals surface area contributed by atoms with Crippen molar-refractivity contribution in [2.75, 3.05) is 56.2 Å². The van der Waals surface area contributed by atoms with Gasteiger partial charge in [0.15, 0.2) is 17.4 Å². The molecule has 34 heavy (non-hydrogen) atoms. The Bertz CT molecular complexity index is 1390. The number of aromatic nitrogens is 6. The summed E-state index contributed by atoms with van der Waals surface area (Å²) in [5.74, 6) is 1.25. The Morgan fingerprint density at radius 3 is 2.68 bits per heavy atom. The van der Waals surface area contributed by atoms with Crippen LogP contribution >= 0.6 is 0 Å². The average Bonchev–Trinajstić information content (AvgIpc) is 3.41. The van der Waals surface area contributed by atoms with Crippen LogP contribution in [0.15, 0.2) is 41.7 Å². The SMILES string of the molecule is COCCN=c1nc(N2CCN(c3ccccn3)CC2)nc2c(=Cc3cc(O)[nH]c3O)cnn12. The molecule has 176 valence electrons. The smallest absolute Gasteiger partial charge is 0.251 e. The van der Waals surface area contributed by atoms with Gasteiger partial charge in [0.25, 0.3) is 5.62 Å². The maximum Gasteiger partial charge on any atom is 0.251 e. The molecule has 5 rings (SSSR count). The summed E-state index contributed by atoms with van der Waals surface area (Å²) < 4.78 is 6.69.